The lowest BCUT2D eigenvalue weighted by Crippen LogP contribution is -2.33. The molecule has 2 unspecified atom stereocenters. The van der Waals surface area contributed by atoms with Crippen molar-refractivity contribution in [2.24, 2.45) is 11.8 Å². The number of rotatable bonds is 3. The van der Waals surface area contributed by atoms with Gasteiger partial charge in [-0.15, -0.1) is 0 Å². The molecule has 2 aliphatic rings. The van der Waals surface area contributed by atoms with Crippen LogP contribution in [0.25, 0.3) is 0 Å². The van der Waals surface area contributed by atoms with Gasteiger partial charge in [0.2, 0.25) is 0 Å². The van der Waals surface area contributed by atoms with E-state index >= 15 is 0 Å². The summed E-state index contributed by atoms with van der Waals surface area (Å²) in [7, 11) is -4.33. The number of halogens is 1. The van der Waals surface area contributed by atoms with Crippen LogP contribution < -0.4 is 0 Å². The smallest absolute Gasteiger partial charge is 0.295 e. The van der Waals surface area contributed by atoms with Gasteiger partial charge >= 0.3 is 0 Å². The van der Waals surface area contributed by atoms with Gasteiger partial charge in [0.05, 0.1) is 5.60 Å². The van der Waals surface area contributed by atoms with Crippen molar-refractivity contribution in [1.29, 1.82) is 0 Å². The van der Waals surface area contributed by atoms with E-state index in [1.165, 1.54) is 0 Å². The van der Waals surface area contributed by atoms with Gasteiger partial charge in [-0.3, -0.25) is 4.55 Å². The minimum atomic E-state index is -4.33. The third-order valence-electron chi connectivity index (χ3n) is 6.16. The van der Waals surface area contributed by atoms with Crippen LogP contribution >= 0.6 is 11.6 Å². The summed E-state index contributed by atoms with van der Waals surface area (Å²) in [6.07, 6.45) is 2.33. The predicted molar refractivity (Wildman–Crippen MR) is 99.9 cm³/mol. The zero-order valence-electron chi connectivity index (χ0n) is 14.4. The summed E-state index contributed by atoms with van der Waals surface area (Å²) < 4.78 is 33.8. The number of fused-ring (bicyclic) bond motifs is 2. The molecule has 4 atom stereocenters. The average Bonchev–Trinajstić information content (AvgIpc) is 3.09. The molecule has 0 amide bonds. The fourth-order valence-corrected chi connectivity index (χ4v) is 6.41. The van der Waals surface area contributed by atoms with E-state index in [0.717, 1.165) is 18.4 Å². The van der Waals surface area contributed by atoms with Crippen molar-refractivity contribution < 1.29 is 18.1 Å². The molecule has 2 bridgehead atoms. The van der Waals surface area contributed by atoms with Gasteiger partial charge in [0.25, 0.3) is 10.1 Å². The highest BCUT2D eigenvalue weighted by Crippen LogP contribution is 2.63. The Morgan fingerprint density at radius 1 is 1.15 bits per heavy atom. The SMILES string of the molecule is Cc1cccc([C@H]2C3CCC2[C@@](O)(c2cccc(Cl)c2)C3)c1S(=O)(=O)O. The van der Waals surface area contributed by atoms with Crippen LogP contribution in [0.15, 0.2) is 47.4 Å². The summed E-state index contributed by atoms with van der Waals surface area (Å²) in [6.45, 7) is 1.69. The summed E-state index contributed by atoms with van der Waals surface area (Å²) in [5.74, 6) is -0.0321. The highest BCUT2D eigenvalue weighted by Gasteiger charge is 2.58. The third kappa shape index (κ3) is 2.69. The first-order chi connectivity index (χ1) is 12.2. The van der Waals surface area contributed by atoms with E-state index in [1.807, 2.05) is 18.2 Å². The molecule has 6 heteroatoms. The molecule has 2 saturated carbocycles. The summed E-state index contributed by atoms with van der Waals surface area (Å²) >= 11 is 6.12. The molecule has 0 saturated heterocycles. The van der Waals surface area contributed by atoms with Gasteiger partial charge in [-0.1, -0.05) is 41.9 Å². The average molecular weight is 393 g/mol. The second kappa shape index (κ2) is 6.06. The molecule has 0 heterocycles. The first-order valence-corrected chi connectivity index (χ1v) is 10.6. The molecule has 2 fully saturated rings. The predicted octanol–water partition coefficient (Wildman–Crippen LogP) is 4.30. The zero-order chi connectivity index (χ0) is 18.7. The first-order valence-electron chi connectivity index (χ1n) is 8.77. The van der Waals surface area contributed by atoms with E-state index in [9.17, 15) is 18.1 Å². The maximum atomic E-state index is 12.0. The Morgan fingerprint density at radius 3 is 2.58 bits per heavy atom. The van der Waals surface area contributed by atoms with Crippen molar-refractivity contribution in [3.63, 3.8) is 0 Å². The molecule has 138 valence electrons. The van der Waals surface area contributed by atoms with Crippen LogP contribution in [-0.4, -0.2) is 18.1 Å². The number of aryl methyl sites for hydroxylation is 1. The number of hydrogen-bond acceptors (Lipinski definition) is 3. The van der Waals surface area contributed by atoms with Gasteiger partial charge in [0.15, 0.2) is 0 Å². The molecule has 2 aliphatic carbocycles. The van der Waals surface area contributed by atoms with Crippen LogP contribution in [0, 0.1) is 18.8 Å². The molecule has 4 rings (SSSR count). The molecule has 0 spiro atoms. The Labute approximate surface area is 158 Å². The van der Waals surface area contributed by atoms with Gasteiger partial charge in [-0.2, -0.15) is 8.42 Å². The van der Waals surface area contributed by atoms with Crippen molar-refractivity contribution in [2.45, 2.75) is 42.6 Å². The highest BCUT2D eigenvalue weighted by atomic mass is 35.5. The van der Waals surface area contributed by atoms with Gasteiger partial charge < -0.3 is 5.11 Å². The van der Waals surface area contributed by atoms with Gasteiger partial charge in [-0.25, -0.2) is 0 Å². The van der Waals surface area contributed by atoms with Gasteiger partial charge in [-0.05, 0) is 72.8 Å². The molecule has 2 aromatic rings. The number of aliphatic hydroxyl groups is 1. The summed E-state index contributed by atoms with van der Waals surface area (Å²) in [5.41, 5.74) is 0.905. The molecule has 2 N–H and O–H groups in total. The van der Waals surface area contributed by atoms with Gasteiger partial charge in [0, 0.05) is 5.02 Å². The fourth-order valence-electron chi connectivity index (χ4n) is 5.25. The van der Waals surface area contributed by atoms with E-state index in [0.29, 0.717) is 22.6 Å². The Morgan fingerprint density at radius 2 is 1.88 bits per heavy atom. The molecule has 26 heavy (non-hydrogen) atoms. The molecule has 4 nitrogen and oxygen atoms in total. The van der Waals surface area contributed by atoms with E-state index in [2.05, 4.69) is 0 Å². The number of hydrogen-bond donors (Lipinski definition) is 2. The lowest BCUT2D eigenvalue weighted by molar-refractivity contribution is -0.0202. The normalized spacial score (nSPS) is 30.7. The topological polar surface area (TPSA) is 74.6 Å². The van der Waals surface area contributed by atoms with E-state index < -0.39 is 15.7 Å². The van der Waals surface area contributed by atoms with Crippen molar-refractivity contribution >= 4 is 21.7 Å². The molecular formula is C20H21ClO4S. The molecule has 0 aromatic heterocycles. The highest BCUT2D eigenvalue weighted by molar-refractivity contribution is 7.86. The van der Waals surface area contributed by atoms with Crippen LogP contribution in [0.2, 0.25) is 5.02 Å². The largest absolute Gasteiger partial charge is 0.385 e. The standard InChI is InChI=1S/C20H21ClO4S/c1-12-4-2-7-16(19(12)26(23,24)25)18-13-8-9-17(18)20(22,11-13)14-5-3-6-15(21)10-14/h2-7,10,13,17-18,22H,8-9,11H2,1H3,(H,23,24,25)/t13?,17?,18-,20+/m1/s1. The molecular weight excluding hydrogens is 372 g/mol. The van der Waals surface area contributed by atoms with E-state index in [1.54, 1.807) is 31.2 Å². The second-order valence-electron chi connectivity index (χ2n) is 7.58. The van der Waals surface area contributed by atoms with Gasteiger partial charge in [0.1, 0.15) is 4.90 Å². The lowest BCUT2D eigenvalue weighted by Gasteiger charge is -2.34. The van der Waals surface area contributed by atoms with Crippen LogP contribution in [0.4, 0.5) is 0 Å². The zero-order valence-corrected chi connectivity index (χ0v) is 16.0. The lowest BCUT2D eigenvalue weighted by atomic mass is 9.77. The Kier molecular flexibility index (Phi) is 4.19. The number of benzene rings is 2. The maximum absolute atomic E-state index is 12.0. The second-order valence-corrected chi connectivity index (χ2v) is 9.37. The summed E-state index contributed by atoms with van der Waals surface area (Å²) in [6, 6.07) is 12.5. The minimum Gasteiger partial charge on any atom is -0.385 e. The Hall–Kier alpha value is -1.40. The monoisotopic (exact) mass is 392 g/mol. The van der Waals surface area contributed by atoms with Crippen molar-refractivity contribution in [3.05, 3.63) is 64.2 Å². The van der Waals surface area contributed by atoms with Crippen LogP contribution in [0.3, 0.4) is 0 Å². The van der Waals surface area contributed by atoms with Crippen molar-refractivity contribution in [2.75, 3.05) is 0 Å². The molecule has 0 aliphatic heterocycles. The summed E-state index contributed by atoms with van der Waals surface area (Å²) in [4.78, 5) is -0.00255. The Balaban J connectivity index is 1.83. The third-order valence-corrected chi connectivity index (χ3v) is 7.47. The quantitative estimate of drug-likeness (QED) is 0.764. The minimum absolute atomic E-state index is 0.00255. The Bertz CT molecular complexity index is 972. The van der Waals surface area contributed by atoms with Crippen molar-refractivity contribution in [3.8, 4) is 0 Å². The molecule has 2 aromatic carbocycles. The summed E-state index contributed by atoms with van der Waals surface area (Å²) in [5, 5.41) is 12.1. The van der Waals surface area contributed by atoms with Crippen LogP contribution in [0.1, 0.15) is 41.9 Å². The van der Waals surface area contributed by atoms with Crippen molar-refractivity contribution in [1.82, 2.24) is 0 Å². The van der Waals surface area contributed by atoms with Crippen LogP contribution in [0.5, 0.6) is 0 Å². The maximum Gasteiger partial charge on any atom is 0.295 e. The molecule has 0 radical (unpaired) electrons. The fraction of sp³-hybridized carbons (Fsp3) is 0.400. The first kappa shape index (κ1) is 18.0. The van der Waals surface area contributed by atoms with E-state index in [4.69, 9.17) is 11.6 Å². The van der Waals surface area contributed by atoms with Crippen LogP contribution in [-0.2, 0) is 15.7 Å². The van der Waals surface area contributed by atoms with E-state index in [-0.39, 0.29) is 22.6 Å².